The van der Waals surface area contributed by atoms with Crippen molar-refractivity contribution < 1.29 is 71.2 Å². The van der Waals surface area contributed by atoms with Crippen LogP contribution in [0.4, 0.5) is 0 Å². The molecule has 0 radical (unpaired) electrons. The first-order valence-corrected chi connectivity index (χ1v) is 6.00. The summed E-state index contributed by atoms with van der Waals surface area (Å²) < 4.78 is 0. The standard InChI is InChI=1S/C9H11NO2.C6H8O2.K/c10-8(9(11)12)6-7-4-2-1-3-5-7;1-2-3-4-5-6(7)8;/h1-5,8H,6,10H2,(H,11,12);2-5H,1H3,(H,7,8);/q;;+1/p-1/b;3-2+,5-4+;/t8-;;/m0../s1. The zero-order valence-electron chi connectivity index (χ0n) is 12.2. The van der Waals surface area contributed by atoms with Crippen molar-refractivity contribution in [1.29, 1.82) is 0 Å². The van der Waals surface area contributed by atoms with Crippen LogP contribution in [0.1, 0.15) is 12.5 Å². The van der Waals surface area contributed by atoms with Crippen molar-refractivity contribution in [3.63, 3.8) is 0 Å². The fraction of sp³-hybridized carbons (Fsp3) is 0.200. The number of carboxylic acids is 2. The van der Waals surface area contributed by atoms with Crippen molar-refractivity contribution in [1.82, 2.24) is 0 Å². The van der Waals surface area contributed by atoms with Gasteiger partial charge in [-0.05, 0) is 25.0 Å². The third-order valence-electron chi connectivity index (χ3n) is 2.15. The molecular formula is C15H18KNO4. The number of nitrogens with two attached hydrogens (primary N) is 1. The van der Waals surface area contributed by atoms with Crippen LogP contribution in [0.2, 0.25) is 0 Å². The third kappa shape index (κ3) is 14.0. The van der Waals surface area contributed by atoms with Gasteiger partial charge in [0.25, 0.3) is 0 Å². The quantitative estimate of drug-likeness (QED) is 0.356. The topological polar surface area (TPSA) is 103 Å². The number of aliphatic carboxylic acids is 2. The van der Waals surface area contributed by atoms with Gasteiger partial charge in [-0.25, -0.2) is 0 Å². The summed E-state index contributed by atoms with van der Waals surface area (Å²) in [6.45, 7) is 1.81. The molecule has 0 heterocycles. The summed E-state index contributed by atoms with van der Waals surface area (Å²) in [5.74, 6) is -2.12. The van der Waals surface area contributed by atoms with Crippen molar-refractivity contribution >= 4 is 11.9 Å². The van der Waals surface area contributed by atoms with E-state index in [2.05, 4.69) is 0 Å². The minimum Gasteiger partial charge on any atom is -0.545 e. The summed E-state index contributed by atoms with van der Waals surface area (Å²) in [6, 6.07) is 8.54. The van der Waals surface area contributed by atoms with Crippen LogP contribution in [-0.2, 0) is 16.0 Å². The van der Waals surface area contributed by atoms with Crippen LogP contribution < -0.4 is 62.2 Å². The Kier molecular flexibility index (Phi) is 15.2. The van der Waals surface area contributed by atoms with Crippen molar-refractivity contribution in [3.05, 3.63) is 60.2 Å². The molecule has 0 saturated heterocycles. The molecule has 3 N–H and O–H groups in total. The number of carbonyl (C=O) groups is 2. The molecule has 1 rings (SSSR count). The van der Waals surface area contributed by atoms with Crippen LogP contribution in [0, 0.1) is 0 Å². The van der Waals surface area contributed by atoms with E-state index in [1.165, 1.54) is 6.08 Å². The summed E-state index contributed by atoms with van der Waals surface area (Å²) in [6.07, 6.45) is 6.13. The van der Waals surface area contributed by atoms with Crippen LogP contribution in [0.5, 0.6) is 0 Å². The van der Waals surface area contributed by atoms with Crippen molar-refractivity contribution in [3.8, 4) is 0 Å². The molecule has 0 bridgehead atoms. The van der Waals surface area contributed by atoms with E-state index in [1.807, 2.05) is 30.3 Å². The second-order valence-electron chi connectivity index (χ2n) is 3.84. The monoisotopic (exact) mass is 315 g/mol. The maximum Gasteiger partial charge on any atom is 1.00 e. The van der Waals surface area contributed by atoms with Gasteiger partial charge < -0.3 is 20.7 Å². The Hall–Kier alpha value is -0.764. The summed E-state index contributed by atoms with van der Waals surface area (Å²) in [4.78, 5) is 20.0. The zero-order chi connectivity index (χ0) is 15.4. The van der Waals surface area contributed by atoms with E-state index in [0.29, 0.717) is 6.42 Å². The Labute approximate surface area is 167 Å². The number of rotatable bonds is 5. The van der Waals surface area contributed by atoms with Crippen LogP contribution >= 0.6 is 0 Å². The molecule has 5 nitrogen and oxygen atoms in total. The van der Waals surface area contributed by atoms with Gasteiger partial charge >= 0.3 is 57.4 Å². The molecule has 0 aliphatic heterocycles. The van der Waals surface area contributed by atoms with Gasteiger partial charge in [0.05, 0.1) is 5.97 Å². The molecule has 0 fully saturated rings. The average Bonchev–Trinajstić information content (AvgIpc) is 2.40. The van der Waals surface area contributed by atoms with E-state index in [1.54, 1.807) is 19.1 Å². The number of benzene rings is 1. The molecule has 0 aliphatic rings. The Morgan fingerprint density at radius 1 is 1.29 bits per heavy atom. The molecule has 0 aromatic heterocycles. The molecule has 1 aromatic rings. The number of hydrogen-bond donors (Lipinski definition) is 2. The Morgan fingerprint density at radius 2 is 1.86 bits per heavy atom. The van der Waals surface area contributed by atoms with Crippen molar-refractivity contribution in [2.24, 2.45) is 5.73 Å². The Morgan fingerprint density at radius 3 is 2.29 bits per heavy atom. The normalized spacial score (nSPS) is 11.3. The van der Waals surface area contributed by atoms with Gasteiger partial charge in [0, 0.05) is 0 Å². The van der Waals surface area contributed by atoms with Crippen molar-refractivity contribution in [2.45, 2.75) is 19.4 Å². The zero-order valence-corrected chi connectivity index (χ0v) is 15.4. The van der Waals surface area contributed by atoms with Gasteiger partial charge in [0.1, 0.15) is 6.04 Å². The van der Waals surface area contributed by atoms with Crippen LogP contribution in [0.3, 0.4) is 0 Å². The number of carbonyl (C=O) groups excluding carboxylic acids is 1. The van der Waals surface area contributed by atoms with Gasteiger partial charge in [-0.3, -0.25) is 4.79 Å². The maximum atomic E-state index is 10.4. The number of carboxylic acid groups (broad SMARTS) is 2. The van der Waals surface area contributed by atoms with E-state index >= 15 is 0 Å². The molecule has 0 unspecified atom stereocenters. The second-order valence-corrected chi connectivity index (χ2v) is 3.84. The van der Waals surface area contributed by atoms with Gasteiger partial charge in [0.15, 0.2) is 0 Å². The molecule has 108 valence electrons. The summed E-state index contributed by atoms with van der Waals surface area (Å²) >= 11 is 0. The number of hydrogen-bond acceptors (Lipinski definition) is 4. The Balaban J connectivity index is 0. The molecule has 0 aliphatic carbocycles. The van der Waals surface area contributed by atoms with E-state index in [-0.39, 0.29) is 51.4 Å². The molecule has 0 spiro atoms. The van der Waals surface area contributed by atoms with Gasteiger partial charge in [-0.2, -0.15) is 0 Å². The second kappa shape index (κ2) is 14.2. The first-order chi connectivity index (χ1) is 9.47. The molecule has 0 saturated carbocycles. The van der Waals surface area contributed by atoms with E-state index in [0.717, 1.165) is 11.6 Å². The minimum atomic E-state index is -1.16. The van der Waals surface area contributed by atoms with E-state index in [9.17, 15) is 14.7 Å². The van der Waals surface area contributed by atoms with Crippen LogP contribution in [0.25, 0.3) is 0 Å². The predicted molar refractivity (Wildman–Crippen MR) is 74.7 cm³/mol. The molecule has 6 heteroatoms. The molecular weight excluding hydrogens is 297 g/mol. The van der Waals surface area contributed by atoms with Crippen LogP contribution in [0.15, 0.2) is 54.6 Å². The molecule has 21 heavy (non-hydrogen) atoms. The minimum absolute atomic E-state index is 0. The van der Waals surface area contributed by atoms with Crippen molar-refractivity contribution in [2.75, 3.05) is 0 Å². The summed E-state index contributed by atoms with van der Waals surface area (Å²) in [5.41, 5.74) is 6.30. The first kappa shape index (κ1) is 22.5. The average molecular weight is 315 g/mol. The van der Waals surface area contributed by atoms with Gasteiger partial charge in [-0.1, -0.05) is 48.6 Å². The molecule has 1 aromatic carbocycles. The summed E-state index contributed by atoms with van der Waals surface area (Å²) in [5, 5.41) is 18.2. The molecule has 0 amide bonds. The Bertz CT molecular complexity index is 472. The van der Waals surface area contributed by atoms with Gasteiger partial charge in [-0.15, -0.1) is 0 Å². The maximum absolute atomic E-state index is 10.4. The van der Waals surface area contributed by atoms with E-state index < -0.39 is 18.0 Å². The van der Waals surface area contributed by atoms with Gasteiger partial charge in [0.2, 0.25) is 0 Å². The third-order valence-corrected chi connectivity index (χ3v) is 2.15. The number of allylic oxidation sites excluding steroid dienone is 3. The fourth-order valence-corrected chi connectivity index (χ4v) is 1.20. The predicted octanol–water partition coefficient (Wildman–Crippen LogP) is -2.49. The summed E-state index contributed by atoms with van der Waals surface area (Å²) in [7, 11) is 0. The van der Waals surface area contributed by atoms with E-state index in [4.69, 9.17) is 10.8 Å². The fourth-order valence-electron chi connectivity index (χ4n) is 1.20. The largest absolute Gasteiger partial charge is 1.00 e. The first-order valence-electron chi connectivity index (χ1n) is 6.00. The SMILES string of the molecule is C/C=C/C=C/C(=O)[O-].N[C@@H](Cc1ccccc1)C(=O)O.[K+]. The van der Waals surface area contributed by atoms with Crippen LogP contribution in [-0.4, -0.2) is 23.1 Å². The molecule has 1 atom stereocenters. The smallest absolute Gasteiger partial charge is 0.545 e.